The number of nitrogens with one attached hydrogen (secondary N) is 3. The summed E-state index contributed by atoms with van der Waals surface area (Å²) in [5.74, 6) is -7.15. The summed E-state index contributed by atoms with van der Waals surface area (Å²) in [5, 5.41) is 19.7. The maximum absolute atomic E-state index is 13.4. The molecule has 2 atom stereocenters. The van der Waals surface area contributed by atoms with E-state index in [0.29, 0.717) is 5.56 Å². The standard InChI is InChI=1S/C22H22ClN7O15S3/c1-22(2,20(35)44-8-10-3-5-11(6-4-10)30(36)37)45-27-14(12-9-46-21(24-12)25-13(31)7-23)17(32)26-15-16(18(33)28-47(38,39)40)29(19(15)34)48(41,42)43/h3-6,9,15-16H,7-8H2,1-2H3,(H,26,32)(H,28,33)(H,24,25,31)(H,38,39,40)(H,41,42,43)/t15-,16-/m0/s1. The molecule has 5 N–H and O–H groups in total. The summed E-state index contributed by atoms with van der Waals surface area (Å²) in [6.45, 7) is 1.95. The van der Waals surface area contributed by atoms with Gasteiger partial charge in [-0.25, -0.2) is 14.5 Å². The van der Waals surface area contributed by atoms with Gasteiger partial charge in [0.1, 0.15) is 24.2 Å². The SMILES string of the molecule is CC(C)(ON=C(C(=O)N[C@@H]1C(=O)N(S(=O)(=O)O)[C@@H]1C(=O)NS(=O)(=O)O)c1csc(NC(=O)CCl)n1)C(=O)OCc1ccc([N+](=O)[O-])cc1. The first-order valence-electron chi connectivity index (χ1n) is 12.5. The minimum Gasteiger partial charge on any atom is -0.458 e. The number of benzene rings is 1. The number of esters is 1. The highest BCUT2D eigenvalue weighted by atomic mass is 35.5. The van der Waals surface area contributed by atoms with Gasteiger partial charge in [-0.2, -0.15) is 21.1 Å². The number of nitro benzene ring substituents is 1. The minimum absolute atomic E-state index is 0.124. The molecule has 2 aromatic rings. The van der Waals surface area contributed by atoms with E-state index in [0.717, 1.165) is 35.3 Å². The van der Waals surface area contributed by atoms with Crippen LogP contribution >= 0.6 is 22.9 Å². The second-order valence-corrected chi connectivity index (χ2v) is 13.3. The Morgan fingerprint density at radius 2 is 1.79 bits per heavy atom. The number of ether oxygens (including phenoxy) is 1. The maximum Gasteiger partial charge on any atom is 0.363 e. The Morgan fingerprint density at radius 3 is 2.33 bits per heavy atom. The fourth-order valence-electron chi connectivity index (χ4n) is 3.55. The van der Waals surface area contributed by atoms with E-state index in [9.17, 15) is 55.5 Å². The Balaban J connectivity index is 1.89. The molecule has 1 aliphatic heterocycles. The topological polar surface area (TPSA) is 320 Å². The molecule has 3 rings (SSSR count). The van der Waals surface area contributed by atoms with Gasteiger partial charge in [-0.1, -0.05) is 5.16 Å². The summed E-state index contributed by atoms with van der Waals surface area (Å²) in [7, 11) is -10.8. The van der Waals surface area contributed by atoms with E-state index in [-0.39, 0.29) is 23.1 Å². The first kappa shape index (κ1) is 37.6. The first-order chi connectivity index (χ1) is 22.1. The molecule has 1 aliphatic rings. The summed E-state index contributed by atoms with van der Waals surface area (Å²) >= 11 is 6.20. The number of alkyl halides is 1. The lowest BCUT2D eigenvalue weighted by Crippen LogP contribution is -2.76. The van der Waals surface area contributed by atoms with Gasteiger partial charge in [0.25, 0.3) is 23.4 Å². The van der Waals surface area contributed by atoms with Gasteiger partial charge in [0, 0.05) is 17.5 Å². The van der Waals surface area contributed by atoms with Crippen molar-refractivity contribution in [2.45, 2.75) is 38.1 Å². The van der Waals surface area contributed by atoms with E-state index >= 15 is 0 Å². The molecule has 22 nitrogen and oxygen atoms in total. The third kappa shape index (κ3) is 9.38. The Hall–Kier alpha value is -4.82. The lowest BCUT2D eigenvalue weighted by atomic mass is 9.98. The molecule has 260 valence electrons. The van der Waals surface area contributed by atoms with Gasteiger partial charge in [0.05, 0.1) is 4.92 Å². The Labute approximate surface area is 278 Å². The molecule has 0 aliphatic carbocycles. The van der Waals surface area contributed by atoms with Crippen LogP contribution in [0.1, 0.15) is 25.1 Å². The molecular weight excluding hydrogens is 734 g/mol. The summed E-state index contributed by atoms with van der Waals surface area (Å²) in [4.78, 5) is 82.1. The van der Waals surface area contributed by atoms with Gasteiger partial charge in [0.2, 0.25) is 11.5 Å². The van der Waals surface area contributed by atoms with Gasteiger partial charge in [-0.05, 0) is 31.5 Å². The summed E-state index contributed by atoms with van der Waals surface area (Å²) in [6, 6.07) is 0.405. The van der Waals surface area contributed by atoms with E-state index < -0.39 is 88.7 Å². The summed E-state index contributed by atoms with van der Waals surface area (Å²) < 4.78 is 69.5. The highest BCUT2D eigenvalue weighted by molar-refractivity contribution is 7.84. The Bertz CT molecular complexity index is 1900. The second-order valence-electron chi connectivity index (χ2n) is 9.71. The smallest absolute Gasteiger partial charge is 0.363 e. The molecule has 0 saturated carbocycles. The number of aromatic nitrogens is 1. The predicted molar refractivity (Wildman–Crippen MR) is 160 cm³/mol. The van der Waals surface area contributed by atoms with E-state index in [4.69, 9.17) is 25.7 Å². The highest BCUT2D eigenvalue weighted by Crippen LogP contribution is 2.25. The van der Waals surface area contributed by atoms with E-state index in [1.54, 1.807) is 0 Å². The molecule has 2 heterocycles. The zero-order chi connectivity index (χ0) is 36.2. The maximum atomic E-state index is 13.4. The van der Waals surface area contributed by atoms with Crippen LogP contribution in [0.25, 0.3) is 0 Å². The van der Waals surface area contributed by atoms with Crippen LogP contribution in [0.15, 0.2) is 34.8 Å². The van der Waals surface area contributed by atoms with Crippen molar-refractivity contribution in [1.29, 1.82) is 0 Å². The number of carbonyl (C=O) groups is 5. The number of carbonyl (C=O) groups excluding carboxylic acids is 5. The third-order valence-corrected chi connectivity index (χ3v) is 8.15. The van der Waals surface area contributed by atoms with E-state index in [1.165, 1.54) is 24.3 Å². The monoisotopic (exact) mass is 755 g/mol. The van der Waals surface area contributed by atoms with Crippen molar-refractivity contribution >= 4 is 89.7 Å². The van der Waals surface area contributed by atoms with Crippen molar-refractivity contribution in [2.75, 3.05) is 11.2 Å². The number of nitrogens with zero attached hydrogens (tertiary/aromatic N) is 4. The number of hydrogen-bond donors (Lipinski definition) is 5. The normalized spacial score (nSPS) is 16.7. The second kappa shape index (κ2) is 14.5. The van der Waals surface area contributed by atoms with Gasteiger partial charge < -0.3 is 20.2 Å². The highest BCUT2D eigenvalue weighted by Gasteiger charge is 2.58. The minimum atomic E-state index is -5.49. The number of thiazole rings is 1. The fourth-order valence-corrected chi connectivity index (χ4v) is 5.54. The van der Waals surface area contributed by atoms with Crippen LogP contribution in [-0.2, 0) is 60.8 Å². The van der Waals surface area contributed by atoms with Gasteiger partial charge >= 0.3 is 26.6 Å². The Kier molecular flexibility index (Phi) is 11.4. The number of non-ortho nitro benzene ring substituents is 1. The summed E-state index contributed by atoms with van der Waals surface area (Å²) in [6.07, 6.45) is 0. The number of amides is 4. The van der Waals surface area contributed by atoms with Crippen LogP contribution in [-0.4, -0.2) is 99.0 Å². The molecule has 0 radical (unpaired) electrons. The molecule has 1 fully saturated rings. The predicted octanol–water partition coefficient (Wildman–Crippen LogP) is -1.11. The molecule has 0 unspecified atom stereocenters. The zero-order valence-corrected chi connectivity index (χ0v) is 27.3. The number of rotatable bonds is 14. The van der Waals surface area contributed by atoms with Crippen LogP contribution in [0.2, 0.25) is 0 Å². The van der Waals surface area contributed by atoms with E-state index in [2.05, 4.69) is 15.5 Å². The number of hydrogen-bond acceptors (Lipinski definition) is 16. The number of β-lactam (4-membered cyclic amide) rings is 1. The number of anilines is 1. The van der Waals surface area contributed by atoms with Crippen LogP contribution in [0.4, 0.5) is 10.8 Å². The lowest BCUT2D eigenvalue weighted by molar-refractivity contribution is -0.384. The number of halogens is 1. The third-order valence-electron chi connectivity index (χ3n) is 5.79. The van der Waals surface area contributed by atoms with Gasteiger partial charge in [-0.3, -0.25) is 38.4 Å². The van der Waals surface area contributed by atoms with Crippen molar-refractivity contribution in [3.8, 4) is 0 Å². The Morgan fingerprint density at radius 1 is 1.17 bits per heavy atom. The van der Waals surface area contributed by atoms with E-state index in [1.807, 2.05) is 5.32 Å². The average Bonchev–Trinajstić information content (AvgIpc) is 3.43. The summed E-state index contributed by atoms with van der Waals surface area (Å²) in [5.41, 5.74) is -3.04. The number of nitro groups is 1. The van der Waals surface area contributed by atoms with Crippen LogP contribution in [0.5, 0.6) is 0 Å². The molecule has 0 bridgehead atoms. The zero-order valence-electron chi connectivity index (χ0n) is 24.0. The van der Waals surface area contributed by atoms with Crippen molar-refractivity contribution < 1.29 is 64.4 Å². The van der Waals surface area contributed by atoms with Crippen molar-refractivity contribution in [3.63, 3.8) is 0 Å². The van der Waals surface area contributed by atoms with Crippen LogP contribution < -0.4 is 15.4 Å². The molecule has 48 heavy (non-hydrogen) atoms. The van der Waals surface area contributed by atoms with Crippen molar-refractivity contribution in [3.05, 3.63) is 51.0 Å². The molecular formula is C22H22ClN7O15S3. The first-order valence-corrected chi connectivity index (χ1v) is 16.8. The quantitative estimate of drug-likeness (QED) is 0.0290. The van der Waals surface area contributed by atoms with Crippen LogP contribution in [0.3, 0.4) is 0 Å². The molecule has 1 aromatic heterocycles. The molecule has 0 spiro atoms. The van der Waals surface area contributed by atoms with Gasteiger partial charge in [0.15, 0.2) is 16.9 Å². The molecule has 4 amide bonds. The average molecular weight is 756 g/mol. The van der Waals surface area contributed by atoms with Crippen molar-refractivity contribution in [1.82, 2.24) is 19.3 Å². The molecule has 26 heteroatoms. The lowest BCUT2D eigenvalue weighted by Gasteiger charge is -2.42. The van der Waals surface area contributed by atoms with Crippen LogP contribution in [0, 0.1) is 10.1 Å². The van der Waals surface area contributed by atoms with Gasteiger partial charge in [-0.15, -0.1) is 22.9 Å². The van der Waals surface area contributed by atoms with Crippen molar-refractivity contribution in [2.24, 2.45) is 5.16 Å². The molecule has 1 aromatic carbocycles. The fraction of sp³-hybridized carbons (Fsp3) is 0.318. The largest absolute Gasteiger partial charge is 0.458 e. The number of oxime groups is 1. The molecule has 1 saturated heterocycles.